The Bertz CT molecular complexity index is 583. The van der Waals surface area contributed by atoms with E-state index < -0.39 is 0 Å². The summed E-state index contributed by atoms with van der Waals surface area (Å²) in [6.45, 7) is 8.15. The Labute approximate surface area is 114 Å². The molecule has 0 spiro atoms. The molecule has 1 fully saturated rings. The Morgan fingerprint density at radius 2 is 2.00 bits per heavy atom. The van der Waals surface area contributed by atoms with Gasteiger partial charge in [0.1, 0.15) is 0 Å². The molecule has 0 radical (unpaired) electrons. The standard InChI is InChI=1S/C17H20N2/c1-2-4-14-7-8-15-5-3-6-17(16(15)13-14)19-11-9-18-10-12-19/h2-3,5-8,13,18H,1,4,9-12H2. The quantitative estimate of drug-likeness (QED) is 0.845. The van der Waals surface area contributed by atoms with Gasteiger partial charge in [-0.1, -0.05) is 30.3 Å². The van der Waals surface area contributed by atoms with Gasteiger partial charge in [0, 0.05) is 37.3 Å². The molecule has 1 saturated heterocycles. The lowest BCUT2D eigenvalue weighted by atomic mass is 10.0. The van der Waals surface area contributed by atoms with Crippen LogP contribution in [0.15, 0.2) is 49.1 Å². The zero-order chi connectivity index (χ0) is 13.1. The molecule has 0 aliphatic carbocycles. The molecule has 0 atom stereocenters. The van der Waals surface area contributed by atoms with Gasteiger partial charge in [-0.15, -0.1) is 6.58 Å². The van der Waals surface area contributed by atoms with Gasteiger partial charge < -0.3 is 10.2 Å². The lowest BCUT2D eigenvalue weighted by molar-refractivity contribution is 0.590. The predicted octanol–water partition coefficient (Wildman–Crippen LogP) is 2.98. The molecular formula is C17H20N2. The van der Waals surface area contributed by atoms with Crippen molar-refractivity contribution >= 4 is 16.5 Å². The van der Waals surface area contributed by atoms with Crippen molar-refractivity contribution in [2.75, 3.05) is 31.1 Å². The molecule has 0 saturated carbocycles. The van der Waals surface area contributed by atoms with Crippen molar-refractivity contribution in [2.45, 2.75) is 6.42 Å². The van der Waals surface area contributed by atoms with E-state index in [1.54, 1.807) is 0 Å². The fourth-order valence-corrected chi connectivity index (χ4v) is 2.78. The van der Waals surface area contributed by atoms with Gasteiger partial charge in [-0.3, -0.25) is 0 Å². The molecule has 0 bridgehead atoms. The van der Waals surface area contributed by atoms with Crippen molar-refractivity contribution in [1.29, 1.82) is 0 Å². The second-order valence-corrected chi connectivity index (χ2v) is 5.06. The first-order valence-electron chi connectivity index (χ1n) is 6.97. The number of fused-ring (bicyclic) bond motifs is 1. The van der Waals surface area contributed by atoms with Crippen LogP contribution in [0.1, 0.15) is 5.56 Å². The van der Waals surface area contributed by atoms with Crippen molar-refractivity contribution in [3.63, 3.8) is 0 Å². The van der Waals surface area contributed by atoms with Crippen LogP contribution in [0, 0.1) is 0 Å². The minimum absolute atomic E-state index is 0.936. The number of allylic oxidation sites excluding steroid dienone is 1. The minimum atomic E-state index is 0.936. The average molecular weight is 252 g/mol. The number of nitrogens with zero attached hydrogens (tertiary/aromatic N) is 1. The first-order valence-corrected chi connectivity index (χ1v) is 6.97. The Kier molecular flexibility index (Phi) is 3.51. The van der Waals surface area contributed by atoms with Gasteiger partial charge >= 0.3 is 0 Å². The van der Waals surface area contributed by atoms with Crippen LogP contribution in [0.3, 0.4) is 0 Å². The summed E-state index contributed by atoms with van der Waals surface area (Å²) in [6.07, 6.45) is 2.90. The molecule has 0 unspecified atom stereocenters. The van der Waals surface area contributed by atoms with Crippen molar-refractivity contribution in [3.8, 4) is 0 Å². The minimum Gasteiger partial charge on any atom is -0.368 e. The molecule has 1 heterocycles. The normalized spacial score (nSPS) is 15.7. The number of hydrogen-bond donors (Lipinski definition) is 1. The maximum absolute atomic E-state index is 3.83. The zero-order valence-corrected chi connectivity index (χ0v) is 11.2. The molecule has 1 aliphatic rings. The van der Waals surface area contributed by atoms with Gasteiger partial charge in [-0.25, -0.2) is 0 Å². The van der Waals surface area contributed by atoms with Crippen LogP contribution in [-0.2, 0) is 6.42 Å². The molecule has 1 aliphatic heterocycles. The van der Waals surface area contributed by atoms with Gasteiger partial charge in [0.2, 0.25) is 0 Å². The number of rotatable bonds is 3. The highest BCUT2D eigenvalue weighted by Gasteiger charge is 2.12. The molecule has 2 heteroatoms. The zero-order valence-electron chi connectivity index (χ0n) is 11.2. The molecule has 19 heavy (non-hydrogen) atoms. The highest BCUT2D eigenvalue weighted by atomic mass is 15.2. The highest BCUT2D eigenvalue weighted by molar-refractivity contribution is 5.94. The molecule has 98 valence electrons. The van der Waals surface area contributed by atoms with E-state index in [1.807, 2.05) is 6.08 Å². The summed E-state index contributed by atoms with van der Waals surface area (Å²) in [5.41, 5.74) is 2.70. The van der Waals surface area contributed by atoms with Crippen LogP contribution in [0.25, 0.3) is 10.8 Å². The highest BCUT2D eigenvalue weighted by Crippen LogP contribution is 2.28. The Hall–Kier alpha value is -1.80. The van der Waals surface area contributed by atoms with E-state index in [-0.39, 0.29) is 0 Å². The Morgan fingerprint density at radius 1 is 1.16 bits per heavy atom. The monoisotopic (exact) mass is 252 g/mol. The van der Waals surface area contributed by atoms with Crippen molar-refractivity contribution in [2.24, 2.45) is 0 Å². The first-order chi connectivity index (χ1) is 9.38. The van der Waals surface area contributed by atoms with E-state index in [4.69, 9.17) is 0 Å². The average Bonchev–Trinajstić information content (AvgIpc) is 2.48. The lowest BCUT2D eigenvalue weighted by Gasteiger charge is -2.30. The number of hydrogen-bond acceptors (Lipinski definition) is 2. The van der Waals surface area contributed by atoms with E-state index in [9.17, 15) is 0 Å². The summed E-state index contributed by atoms with van der Waals surface area (Å²) in [6, 6.07) is 13.3. The van der Waals surface area contributed by atoms with E-state index in [0.717, 1.165) is 32.6 Å². The van der Waals surface area contributed by atoms with Crippen molar-refractivity contribution < 1.29 is 0 Å². The van der Waals surface area contributed by atoms with Crippen LogP contribution < -0.4 is 10.2 Å². The topological polar surface area (TPSA) is 15.3 Å². The Morgan fingerprint density at radius 3 is 2.79 bits per heavy atom. The summed E-state index contributed by atoms with van der Waals surface area (Å²) < 4.78 is 0. The smallest absolute Gasteiger partial charge is 0.0446 e. The van der Waals surface area contributed by atoms with Crippen molar-refractivity contribution in [1.82, 2.24) is 5.32 Å². The molecule has 2 aromatic carbocycles. The van der Waals surface area contributed by atoms with Crippen LogP contribution in [0.2, 0.25) is 0 Å². The predicted molar refractivity (Wildman–Crippen MR) is 82.9 cm³/mol. The maximum Gasteiger partial charge on any atom is 0.0446 e. The third-order valence-corrected chi connectivity index (χ3v) is 3.76. The molecular weight excluding hydrogens is 232 g/mol. The second kappa shape index (κ2) is 5.45. The second-order valence-electron chi connectivity index (χ2n) is 5.06. The van der Waals surface area contributed by atoms with Crippen LogP contribution in [0.4, 0.5) is 5.69 Å². The summed E-state index contributed by atoms with van der Waals surface area (Å²) in [5, 5.41) is 6.10. The van der Waals surface area contributed by atoms with Gasteiger partial charge in [-0.2, -0.15) is 0 Å². The van der Waals surface area contributed by atoms with E-state index in [0.29, 0.717) is 0 Å². The molecule has 1 N–H and O–H groups in total. The fraction of sp³-hybridized carbons (Fsp3) is 0.294. The summed E-state index contributed by atoms with van der Waals surface area (Å²) in [4.78, 5) is 2.48. The maximum atomic E-state index is 3.83. The lowest BCUT2D eigenvalue weighted by Crippen LogP contribution is -2.43. The molecule has 0 amide bonds. The van der Waals surface area contributed by atoms with Crippen molar-refractivity contribution in [3.05, 3.63) is 54.6 Å². The third kappa shape index (κ3) is 2.49. The SMILES string of the molecule is C=CCc1ccc2cccc(N3CCNCC3)c2c1. The number of nitrogens with one attached hydrogen (secondary N) is 1. The van der Waals surface area contributed by atoms with Gasteiger partial charge in [-0.05, 0) is 29.5 Å². The van der Waals surface area contributed by atoms with Crippen LogP contribution in [0.5, 0.6) is 0 Å². The van der Waals surface area contributed by atoms with E-state index >= 15 is 0 Å². The van der Waals surface area contributed by atoms with Gasteiger partial charge in [0.05, 0.1) is 0 Å². The van der Waals surface area contributed by atoms with E-state index in [2.05, 4.69) is 53.2 Å². The van der Waals surface area contributed by atoms with Gasteiger partial charge in [0.25, 0.3) is 0 Å². The molecule has 2 aromatic rings. The summed E-state index contributed by atoms with van der Waals surface area (Å²) in [7, 11) is 0. The number of anilines is 1. The van der Waals surface area contributed by atoms with Gasteiger partial charge in [0.15, 0.2) is 0 Å². The largest absolute Gasteiger partial charge is 0.368 e. The van der Waals surface area contributed by atoms with Crippen LogP contribution in [-0.4, -0.2) is 26.2 Å². The van der Waals surface area contributed by atoms with E-state index in [1.165, 1.54) is 22.0 Å². The fourth-order valence-electron chi connectivity index (χ4n) is 2.78. The summed E-state index contributed by atoms with van der Waals surface area (Å²) >= 11 is 0. The number of piperazine rings is 1. The summed E-state index contributed by atoms with van der Waals surface area (Å²) in [5.74, 6) is 0. The molecule has 2 nitrogen and oxygen atoms in total. The Balaban J connectivity index is 2.06. The number of benzene rings is 2. The first kappa shape index (κ1) is 12.2. The molecule has 0 aromatic heterocycles. The molecule has 3 rings (SSSR count). The third-order valence-electron chi connectivity index (χ3n) is 3.76. The van der Waals surface area contributed by atoms with Crippen LogP contribution >= 0.6 is 0 Å².